The van der Waals surface area contributed by atoms with Gasteiger partial charge in [-0.3, -0.25) is 9.69 Å². The van der Waals surface area contributed by atoms with Gasteiger partial charge in [0.05, 0.1) is 7.11 Å². The Hall–Kier alpha value is -3.52. The minimum absolute atomic E-state index is 0.0463. The Morgan fingerprint density at radius 3 is 2.61 bits per heavy atom. The van der Waals surface area contributed by atoms with Crippen LogP contribution in [0.5, 0.6) is 17.2 Å². The molecule has 2 aliphatic heterocycles. The van der Waals surface area contributed by atoms with Gasteiger partial charge in [0.25, 0.3) is 5.91 Å². The maximum Gasteiger partial charge on any atom is 0.349 e. The van der Waals surface area contributed by atoms with Crippen molar-refractivity contribution in [3.63, 3.8) is 0 Å². The van der Waals surface area contributed by atoms with Crippen LogP contribution < -0.4 is 19.8 Å². The summed E-state index contributed by atoms with van der Waals surface area (Å²) in [4.78, 5) is 29.4. The number of hydrogen-bond donors (Lipinski definition) is 0. The second-order valence-corrected chi connectivity index (χ2v) is 7.61. The van der Waals surface area contributed by atoms with E-state index < -0.39 is 5.63 Å². The van der Waals surface area contributed by atoms with Crippen molar-refractivity contribution in [3.8, 4) is 17.2 Å². The number of amides is 1. The number of piperazine rings is 1. The van der Waals surface area contributed by atoms with E-state index in [4.69, 9.17) is 18.6 Å². The smallest absolute Gasteiger partial charge is 0.349 e. The van der Waals surface area contributed by atoms with Gasteiger partial charge in [-0.25, -0.2) is 4.79 Å². The third-order valence-corrected chi connectivity index (χ3v) is 5.67. The van der Waals surface area contributed by atoms with Crippen molar-refractivity contribution >= 4 is 16.9 Å². The monoisotopic (exact) mass is 422 g/mol. The standard InChI is InChI=1S/C23H22N2O6/c1-28-17-3-5-19-16(11-17)12-18(23(27)31-19)22(26)25-8-6-24(7-9-25)13-15-2-4-20-21(10-15)30-14-29-20/h2-5,10-12H,6-9,13-14H2,1H3. The van der Waals surface area contributed by atoms with E-state index in [0.29, 0.717) is 42.9 Å². The van der Waals surface area contributed by atoms with Crippen LogP contribution in [-0.4, -0.2) is 55.8 Å². The summed E-state index contributed by atoms with van der Waals surface area (Å²) < 4.78 is 21.4. The van der Waals surface area contributed by atoms with Crippen LogP contribution in [0.15, 0.2) is 51.7 Å². The van der Waals surface area contributed by atoms with Gasteiger partial charge < -0.3 is 23.5 Å². The molecule has 3 aromatic rings. The summed E-state index contributed by atoms with van der Waals surface area (Å²) in [6.07, 6.45) is 0. The van der Waals surface area contributed by atoms with Crippen LogP contribution in [0.25, 0.3) is 11.0 Å². The van der Waals surface area contributed by atoms with Gasteiger partial charge in [-0.2, -0.15) is 0 Å². The fourth-order valence-corrected chi connectivity index (χ4v) is 3.95. The number of hydrogen-bond acceptors (Lipinski definition) is 7. The molecule has 8 heteroatoms. The largest absolute Gasteiger partial charge is 0.497 e. The molecule has 0 bridgehead atoms. The lowest BCUT2D eigenvalue weighted by molar-refractivity contribution is 0.0624. The molecule has 1 saturated heterocycles. The van der Waals surface area contributed by atoms with E-state index in [9.17, 15) is 9.59 Å². The first kappa shape index (κ1) is 19.4. The third-order valence-electron chi connectivity index (χ3n) is 5.67. The number of nitrogens with zero attached hydrogens (tertiary/aromatic N) is 2. The molecule has 2 aromatic carbocycles. The summed E-state index contributed by atoms with van der Waals surface area (Å²) in [5, 5.41) is 0.656. The Kier molecular flexibility index (Phi) is 4.99. The lowest BCUT2D eigenvalue weighted by Crippen LogP contribution is -2.49. The Morgan fingerprint density at radius 1 is 1.00 bits per heavy atom. The topological polar surface area (TPSA) is 81.5 Å². The number of ether oxygens (including phenoxy) is 3. The second-order valence-electron chi connectivity index (χ2n) is 7.61. The van der Waals surface area contributed by atoms with Crippen LogP contribution in [0, 0.1) is 0 Å². The third kappa shape index (κ3) is 3.82. The van der Waals surface area contributed by atoms with Crippen molar-refractivity contribution < 1.29 is 23.4 Å². The highest BCUT2D eigenvalue weighted by Gasteiger charge is 2.25. The second kappa shape index (κ2) is 7.96. The molecule has 2 aliphatic rings. The zero-order valence-electron chi connectivity index (χ0n) is 17.1. The van der Waals surface area contributed by atoms with Crippen LogP contribution in [0.4, 0.5) is 0 Å². The fourth-order valence-electron chi connectivity index (χ4n) is 3.95. The fraction of sp³-hybridized carbons (Fsp3) is 0.304. The average Bonchev–Trinajstić information content (AvgIpc) is 3.26. The number of methoxy groups -OCH3 is 1. The first-order chi connectivity index (χ1) is 15.1. The lowest BCUT2D eigenvalue weighted by Gasteiger charge is -2.34. The zero-order valence-corrected chi connectivity index (χ0v) is 17.1. The highest BCUT2D eigenvalue weighted by molar-refractivity contribution is 5.96. The van der Waals surface area contributed by atoms with Crippen molar-refractivity contribution in [1.29, 1.82) is 0 Å². The van der Waals surface area contributed by atoms with Gasteiger partial charge in [0.15, 0.2) is 11.5 Å². The van der Waals surface area contributed by atoms with Crippen molar-refractivity contribution in [2.24, 2.45) is 0 Å². The molecule has 31 heavy (non-hydrogen) atoms. The number of benzene rings is 2. The molecule has 5 rings (SSSR count). The Morgan fingerprint density at radius 2 is 1.81 bits per heavy atom. The number of carbonyl (C=O) groups is 1. The highest BCUT2D eigenvalue weighted by Crippen LogP contribution is 2.33. The van der Waals surface area contributed by atoms with Gasteiger partial charge >= 0.3 is 5.63 Å². The predicted molar refractivity (Wildman–Crippen MR) is 113 cm³/mol. The lowest BCUT2D eigenvalue weighted by atomic mass is 10.1. The van der Waals surface area contributed by atoms with Crippen LogP contribution in [0.2, 0.25) is 0 Å². The molecule has 0 atom stereocenters. The molecule has 1 aromatic heterocycles. The Bertz CT molecular complexity index is 1200. The summed E-state index contributed by atoms with van der Waals surface area (Å²) in [5.74, 6) is 1.87. The quantitative estimate of drug-likeness (QED) is 0.598. The number of carbonyl (C=O) groups excluding carboxylic acids is 1. The van der Waals surface area contributed by atoms with Crippen LogP contribution in [-0.2, 0) is 6.54 Å². The Labute approximate surface area is 178 Å². The molecular formula is C23H22N2O6. The maximum absolute atomic E-state index is 13.0. The van der Waals surface area contributed by atoms with E-state index in [0.717, 1.165) is 23.6 Å². The normalized spacial score (nSPS) is 16.0. The minimum Gasteiger partial charge on any atom is -0.497 e. The summed E-state index contributed by atoms with van der Waals surface area (Å²) in [5.41, 5.74) is 0.986. The molecular weight excluding hydrogens is 400 g/mol. The summed E-state index contributed by atoms with van der Waals surface area (Å²) >= 11 is 0. The molecule has 3 heterocycles. The van der Waals surface area contributed by atoms with Crippen molar-refractivity contribution in [1.82, 2.24) is 9.80 Å². The van der Waals surface area contributed by atoms with Gasteiger partial charge in [0.2, 0.25) is 6.79 Å². The molecule has 0 radical (unpaired) electrons. The van der Waals surface area contributed by atoms with Crippen LogP contribution in [0.1, 0.15) is 15.9 Å². The molecule has 0 aliphatic carbocycles. The molecule has 1 fully saturated rings. The average molecular weight is 422 g/mol. The molecule has 0 saturated carbocycles. The van der Waals surface area contributed by atoms with E-state index in [1.54, 1.807) is 36.3 Å². The number of rotatable bonds is 4. The zero-order chi connectivity index (χ0) is 21.4. The van der Waals surface area contributed by atoms with E-state index in [-0.39, 0.29) is 18.3 Å². The number of fused-ring (bicyclic) bond motifs is 2. The maximum atomic E-state index is 13.0. The SMILES string of the molecule is COc1ccc2oc(=O)c(C(=O)N3CCN(Cc4ccc5c(c4)OCO5)CC3)cc2c1. The van der Waals surface area contributed by atoms with E-state index >= 15 is 0 Å². The van der Waals surface area contributed by atoms with Gasteiger partial charge in [0, 0.05) is 38.1 Å². The van der Waals surface area contributed by atoms with Gasteiger partial charge in [-0.15, -0.1) is 0 Å². The van der Waals surface area contributed by atoms with Gasteiger partial charge in [-0.05, 0) is 42.0 Å². The minimum atomic E-state index is -0.620. The summed E-state index contributed by atoms with van der Waals surface area (Å²) in [6.45, 7) is 3.53. The molecule has 0 N–H and O–H groups in total. The van der Waals surface area contributed by atoms with Crippen molar-refractivity contribution in [2.75, 3.05) is 40.1 Å². The molecule has 0 spiro atoms. The summed E-state index contributed by atoms with van der Waals surface area (Å²) in [7, 11) is 1.56. The first-order valence-corrected chi connectivity index (χ1v) is 10.1. The van der Waals surface area contributed by atoms with Crippen LogP contribution in [0.3, 0.4) is 0 Å². The van der Waals surface area contributed by atoms with E-state index in [1.807, 2.05) is 18.2 Å². The molecule has 0 unspecified atom stereocenters. The molecule has 1 amide bonds. The Balaban J connectivity index is 1.26. The summed E-state index contributed by atoms with van der Waals surface area (Å²) in [6, 6.07) is 12.7. The molecule has 160 valence electrons. The van der Waals surface area contributed by atoms with Crippen molar-refractivity contribution in [3.05, 3.63) is 64.0 Å². The predicted octanol–water partition coefficient (Wildman–Crippen LogP) is 2.49. The highest BCUT2D eigenvalue weighted by atomic mass is 16.7. The first-order valence-electron chi connectivity index (χ1n) is 10.1. The molecule has 8 nitrogen and oxygen atoms in total. The van der Waals surface area contributed by atoms with E-state index in [1.165, 1.54) is 0 Å². The van der Waals surface area contributed by atoms with Crippen LogP contribution >= 0.6 is 0 Å². The van der Waals surface area contributed by atoms with Gasteiger partial charge in [-0.1, -0.05) is 6.07 Å². The van der Waals surface area contributed by atoms with Crippen molar-refractivity contribution in [2.45, 2.75) is 6.54 Å². The van der Waals surface area contributed by atoms with Gasteiger partial charge in [0.1, 0.15) is 16.9 Å². The van der Waals surface area contributed by atoms with E-state index in [2.05, 4.69) is 4.90 Å².